The second-order valence-corrected chi connectivity index (χ2v) is 10.7. The first-order valence-corrected chi connectivity index (χ1v) is 10.9. The van der Waals surface area contributed by atoms with Gasteiger partial charge in [0.2, 0.25) is 10.0 Å². The van der Waals surface area contributed by atoms with E-state index < -0.39 is 10.0 Å². The predicted octanol–water partition coefficient (Wildman–Crippen LogP) is 3.69. The van der Waals surface area contributed by atoms with Crippen molar-refractivity contribution in [1.82, 2.24) is 14.3 Å². The molecule has 0 radical (unpaired) electrons. The number of hydrogen-bond acceptors (Lipinski definition) is 7. The van der Waals surface area contributed by atoms with Gasteiger partial charge in [-0.3, -0.25) is 5.43 Å². The van der Waals surface area contributed by atoms with Crippen molar-refractivity contribution in [2.45, 2.75) is 31.1 Å². The maximum atomic E-state index is 12.1. The smallest absolute Gasteiger partial charge is 0.242 e. The van der Waals surface area contributed by atoms with E-state index in [0.29, 0.717) is 5.82 Å². The van der Waals surface area contributed by atoms with Crippen molar-refractivity contribution in [3.8, 4) is 0 Å². The van der Waals surface area contributed by atoms with Gasteiger partial charge in [-0.05, 0) is 29.2 Å². The maximum absolute atomic E-state index is 12.1. The van der Waals surface area contributed by atoms with Gasteiger partial charge in [0.15, 0.2) is 5.82 Å². The number of nitrogens with one attached hydrogen (secondary N) is 1. The Hall–Kier alpha value is -2.36. The third kappa shape index (κ3) is 4.21. The molecule has 0 spiro atoms. The Morgan fingerprint density at radius 3 is 2.43 bits per heavy atom. The molecular weight excluding hydrogens is 394 g/mol. The summed E-state index contributed by atoms with van der Waals surface area (Å²) in [4.78, 5) is 11.0. The Bertz CT molecular complexity index is 1110. The average molecular weight is 418 g/mol. The Morgan fingerprint density at radius 2 is 1.82 bits per heavy atom. The lowest BCUT2D eigenvalue weighted by atomic mass is 9.94. The van der Waals surface area contributed by atoms with E-state index in [9.17, 15) is 8.42 Å². The van der Waals surface area contributed by atoms with E-state index in [1.807, 2.05) is 0 Å². The number of hydrazone groups is 1. The summed E-state index contributed by atoms with van der Waals surface area (Å²) >= 11 is 1.65. The fourth-order valence-electron chi connectivity index (χ4n) is 2.42. The van der Waals surface area contributed by atoms with Crippen LogP contribution in [0.1, 0.15) is 31.2 Å². The molecule has 3 rings (SSSR count). The quantitative estimate of drug-likeness (QED) is 0.505. The van der Waals surface area contributed by atoms with Crippen LogP contribution in [0, 0.1) is 0 Å². The van der Waals surface area contributed by atoms with Crippen LogP contribution in [0.3, 0.4) is 0 Å². The van der Waals surface area contributed by atoms with E-state index in [4.69, 9.17) is 0 Å². The van der Waals surface area contributed by atoms with Crippen LogP contribution < -0.4 is 5.43 Å². The highest BCUT2D eigenvalue weighted by atomic mass is 32.2. The third-order valence-electron chi connectivity index (χ3n) is 4.11. The number of anilines is 1. The highest BCUT2D eigenvalue weighted by Gasteiger charge is 2.19. The lowest BCUT2D eigenvalue weighted by molar-refractivity contribution is 0.521. The van der Waals surface area contributed by atoms with Crippen LogP contribution in [0.5, 0.6) is 0 Å². The number of hydrogen-bond donors (Lipinski definition) is 1. The topological polar surface area (TPSA) is 87.5 Å². The van der Waals surface area contributed by atoms with Gasteiger partial charge >= 0.3 is 0 Å². The Labute approximate surface area is 169 Å². The molecule has 0 unspecified atom stereocenters. The molecule has 2 aromatic heterocycles. The Kier molecular flexibility index (Phi) is 5.51. The van der Waals surface area contributed by atoms with Gasteiger partial charge in [-0.15, -0.1) is 11.3 Å². The average Bonchev–Trinajstić information content (AvgIpc) is 3.07. The van der Waals surface area contributed by atoms with E-state index in [-0.39, 0.29) is 10.3 Å². The van der Waals surface area contributed by atoms with Crippen LogP contribution in [0.4, 0.5) is 5.82 Å². The van der Waals surface area contributed by atoms with E-state index >= 15 is 0 Å². The van der Waals surface area contributed by atoms with Crippen molar-refractivity contribution in [3.63, 3.8) is 0 Å². The molecule has 9 heteroatoms. The molecule has 0 saturated heterocycles. The predicted molar refractivity (Wildman–Crippen MR) is 115 cm³/mol. The summed E-state index contributed by atoms with van der Waals surface area (Å²) in [6, 6.07) is 8.64. The second-order valence-electron chi connectivity index (χ2n) is 7.53. The summed E-state index contributed by atoms with van der Waals surface area (Å²) in [5.74, 6) is 0.639. The molecule has 0 atom stereocenters. The zero-order valence-electron chi connectivity index (χ0n) is 16.5. The molecule has 7 nitrogen and oxygen atoms in total. The fraction of sp³-hybridized carbons (Fsp3) is 0.316. The summed E-state index contributed by atoms with van der Waals surface area (Å²) in [5, 5.41) is 5.17. The van der Waals surface area contributed by atoms with E-state index in [2.05, 4.69) is 47.3 Å². The minimum Gasteiger partial charge on any atom is -0.261 e. The van der Waals surface area contributed by atoms with Crippen molar-refractivity contribution in [2.75, 3.05) is 19.5 Å². The number of rotatable bonds is 5. The van der Waals surface area contributed by atoms with Crippen LogP contribution in [-0.4, -0.2) is 43.0 Å². The molecule has 0 fully saturated rings. The van der Waals surface area contributed by atoms with E-state index in [1.165, 1.54) is 29.6 Å². The van der Waals surface area contributed by atoms with Crippen molar-refractivity contribution < 1.29 is 8.42 Å². The molecule has 1 N–H and O–H groups in total. The summed E-state index contributed by atoms with van der Waals surface area (Å²) in [6.45, 7) is 6.49. The number of nitrogens with zero attached hydrogens (tertiary/aromatic N) is 4. The summed E-state index contributed by atoms with van der Waals surface area (Å²) in [7, 11) is -0.421. The minimum atomic E-state index is -3.43. The molecule has 148 valence electrons. The zero-order valence-corrected chi connectivity index (χ0v) is 18.1. The molecule has 0 amide bonds. The van der Waals surface area contributed by atoms with Crippen LogP contribution in [0.15, 0.2) is 46.7 Å². The van der Waals surface area contributed by atoms with E-state index in [0.717, 1.165) is 15.8 Å². The van der Waals surface area contributed by atoms with Crippen molar-refractivity contribution >= 4 is 43.6 Å². The highest BCUT2D eigenvalue weighted by Crippen LogP contribution is 2.35. The number of thiophene rings is 1. The first kappa shape index (κ1) is 20.4. The van der Waals surface area contributed by atoms with Crippen molar-refractivity contribution in [2.24, 2.45) is 5.10 Å². The molecule has 3 aromatic rings. The molecule has 0 aliphatic carbocycles. The first-order chi connectivity index (χ1) is 13.1. The number of benzene rings is 1. The van der Waals surface area contributed by atoms with Gasteiger partial charge in [-0.1, -0.05) is 32.9 Å². The van der Waals surface area contributed by atoms with Gasteiger partial charge < -0.3 is 0 Å². The Morgan fingerprint density at radius 1 is 1.14 bits per heavy atom. The Balaban J connectivity index is 1.79. The molecule has 1 aromatic carbocycles. The van der Waals surface area contributed by atoms with Crippen molar-refractivity contribution in [3.05, 3.63) is 47.1 Å². The van der Waals surface area contributed by atoms with Gasteiger partial charge in [0.1, 0.15) is 11.2 Å². The third-order valence-corrected chi connectivity index (χ3v) is 7.41. The maximum Gasteiger partial charge on any atom is 0.242 e. The molecular formula is C19H23N5O2S2. The summed E-state index contributed by atoms with van der Waals surface area (Å²) in [6.07, 6.45) is 3.14. The van der Waals surface area contributed by atoms with Gasteiger partial charge in [0, 0.05) is 19.0 Å². The molecule has 28 heavy (non-hydrogen) atoms. The molecule has 2 heterocycles. The number of sulfonamides is 1. The molecule has 0 saturated carbocycles. The lowest BCUT2D eigenvalue weighted by Gasteiger charge is -2.14. The monoisotopic (exact) mass is 417 g/mol. The zero-order chi connectivity index (χ0) is 20.5. The van der Waals surface area contributed by atoms with Gasteiger partial charge in [0.05, 0.1) is 16.5 Å². The van der Waals surface area contributed by atoms with Crippen LogP contribution >= 0.6 is 11.3 Å². The fourth-order valence-corrected chi connectivity index (χ4v) is 4.38. The van der Waals surface area contributed by atoms with Gasteiger partial charge in [0.25, 0.3) is 0 Å². The summed E-state index contributed by atoms with van der Waals surface area (Å²) in [5.41, 5.74) is 3.78. The number of aromatic nitrogens is 2. The van der Waals surface area contributed by atoms with Crippen LogP contribution in [0.25, 0.3) is 10.2 Å². The number of fused-ring (bicyclic) bond motifs is 1. The second kappa shape index (κ2) is 7.57. The molecule has 0 aliphatic heterocycles. The largest absolute Gasteiger partial charge is 0.261 e. The lowest BCUT2D eigenvalue weighted by Crippen LogP contribution is -2.22. The molecule has 0 aliphatic rings. The van der Waals surface area contributed by atoms with Crippen molar-refractivity contribution in [1.29, 1.82) is 0 Å². The van der Waals surface area contributed by atoms with E-state index in [1.54, 1.807) is 41.8 Å². The normalized spacial score (nSPS) is 12.9. The summed E-state index contributed by atoms with van der Waals surface area (Å²) < 4.78 is 25.4. The first-order valence-electron chi connectivity index (χ1n) is 8.66. The van der Waals surface area contributed by atoms with Crippen LogP contribution in [-0.2, 0) is 15.4 Å². The minimum absolute atomic E-state index is 0.0422. The SMILES string of the molecule is CN(C)S(=O)(=O)c1ccc(C=NNc2ncnc3sc(C(C)(C)C)cc23)cc1. The standard InChI is InChI=1S/C19H23N5O2S2/c1-19(2,3)16-10-15-17(20-12-21-18(15)27-16)23-22-11-13-6-8-14(9-7-13)28(25,26)24(4)5/h6-12H,1-5H3,(H,20,21,23). The van der Waals surface area contributed by atoms with Gasteiger partial charge in [-0.25, -0.2) is 22.7 Å². The van der Waals surface area contributed by atoms with Gasteiger partial charge in [-0.2, -0.15) is 5.10 Å². The molecule has 0 bridgehead atoms. The van der Waals surface area contributed by atoms with Crippen LogP contribution in [0.2, 0.25) is 0 Å². The highest BCUT2D eigenvalue weighted by molar-refractivity contribution is 7.89.